The fourth-order valence-electron chi connectivity index (χ4n) is 2.45. The summed E-state index contributed by atoms with van der Waals surface area (Å²) in [7, 11) is 1.58. The first kappa shape index (κ1) is 15.5. The van der Waals surface area contributed by atoms with Crippen LogP contribution in [0.25, 0.3) is 16.9 Å². The molecule has 24 heavy (non-hydrogen) atoms. The van der Waals surface area contributed by atoms with Crippen molar-refractivity contribution in [2.24, 2.45) is 5.73 Å². The molecule has 0 atom stereocenters. The number of para-hydroxylation sites is 1. The van der Waals surface area contributed by atoms with Gasteiger partial charge in [-0.3, -0.25) is 10.3 Å². The van der Waals surface area contributed by atoms with Crippen molar-refractivity contribution in [2.45, 2.75) is 6.92 Å². The Morgan fingerprint density at radius 1 is 1.25 bits per heavy atom. The Labute approximate surface area is 139 Å². The molecular formula is C17H17N5O2. The van der Waals surface area contributed by atoms with Crippen molar-refractivity contribution < 1.29 is 9.53 Å². The SMILES string of the molecule is COc1cncc(-c2nn(-c3ccccc3)c(NC(N)=O)c2C)c1. The maximum Gasteiger partial charge on any atom is 0.317 e. The van der Waals surface area contributed by atoms with Gasteiger partial charge >= 0.3 is 6.03 Å². The number of rotatable bonds is 4. The van der Waals surface area contributed by atoms with Crippen LogP contribution >= 0.6 is 0 Å². The van der Waals surface area contributed by atoms with Gasteiger partial charge in [-0.1, -0.05) is 18.2 Å². The van der Waals surface area contributed by atoms with Gasteiger partial charge in [0.25, 0.3) is 0 Å². The van der Waals surface area contributed by atoms with Gasteiger partial charge in [-0.25, -0.2) is 9.48 Å². The normalized spacial score (nSPS) is 10.4. The Hall–Kier alpha value is -3.35. The summed E-state index contributed by atoms with van der Waals surface area (Å²) >= 11 is 0. The highest BCUT2D eigenvalue weighted by atomic mass is 16.5. The van der Waals surface area contributed by atoms with Crippen molar-refractivity contribution in [3.05, 3.63) is 54.4 Å². The number of benzene rings is 1. The number of nitrogens with zero attached hydrogens (tertiary/aromatic N) is 3. The molecule has 3 aromatic rings. The number of anilines is 1. The first-order valence-corrected chi connectivity index (χ1v) is 7.31. The van der Waals surface area contributed by atoms with Crippen LogP contribution in [0.4, 0.5) is 10.6 Å². The third kappa shape index (κ3) is 2.91. The summed E-state index contributed by atoms with van der Waals surface area (Å²) in [6, 6.07) is 10.7. The van der Waals surface area contributed by atoms with Gasteiger partial charge in [0.1, 0.15) is 11.6 Å². The van der Waals surface area contributed by atoms with Gasteiger partial charge in [0, 0.05) is 17.3 Å². The molecule has 7 heteroatoms. The number of methoxy groups -OCH3 is 1. The Balaban J connectivity index is 2.17. The van der Waals surface area contributed by atoms with Crippen molar-refractivity contribution in [2.75, 3.05) is 12.4 Å². The number of amides is 2. The zero-order valence-electron chi connectivity index (χ0n) is 13.4. The molecule has 0 saturated carbocycles. The highest BCUT2D eigenvalue weighted by molar-refractivity contribution is 5.89. The number of hydrogen-bond acceptors (Lipinski definition) is 4. The number of nitrogens with two attached hydrogens (primary N) is 1. The standard InChI is InChI=1S/C17H17N5O2/c1-11-15(12-8-14(24-2)10-19-9-12)21-22(16(11)20-17(18)23)13-6-4-3-5-7-13/h3-10H,1-2H3,(H3,18,20,23). The van der Waals surface area contributed by atoms with Gasteiger partial charge in [-0.15, -0.1) is 0 Å². The Kier molecular flexibility index (Phi) is 4.15. The average molecular weight is 323 g/mol. The predicted molar refractivity (Wildman–Crippen MR) is 91.3 cm³/mol. The second-order valence-electron chi connectivity index (χ2n) is 5.17. The lowest BCUT2D eigenvalue weighted by atomic mass is 10.1. The van der Waals surface area contributed by atoms with Crippen molar-refractivity contribution in [3.8, 4) is 22.7 Å². The molecule has 0 aliphatic carbocycles. The van der Waals surface area contributed by atoms with Crippen LogP contribution in [0.15, 0.2) is 48.8 Å². The molecule has 7 nitrogen and oxygen atoms in total. The molecule has 0 aliphatic rings. The molecule has 0 unspecified atom stereocenters. The van der Waals surface area contributed by atoms with E-state index >= 15 is 0 Å². The summed E-state index contributed by atoms with van der Waals surface area (Å²) in [4.78, 5) is 15.5. The van der Waals surface area contributed by atoms with Gasteiger partial charge in [0.15, 0.2) is 0 Å². The molecule has 3 N–H and O–H groups in total. The lowest BCUT2D eigenvalue weighted by Gasteiger charge is -2.07. The monoisotopic (exact) mass is 323 g/mol. The molecule has 2 aromatic heterocycles. The average Bonchev–Trinajstić information content (AvgIpc) is 2.92. The molecule has 0 aliphatic heterocycles. The van der Waals surface area contributed by atoms with E-state index < -0.39 is 6.03 Å². The number of carbonyl (C=O) groups excluding carboxylic acids is 1. The fourth-order valence-corrected chi connectivity index (χ4v) is 2.45. The lowest BCUT2D eigenvalue weighted by molar-refractivity contribution is 0.259. The number of nitrogens with one attached hydrogen (secondary N) is 1. The van der Waals surface area contributed by atoms with Gasteiger partial charge in [-0.2, -0.15) is 5.10 Å². The van der Waals surface area contributed by atoms with Crippen LogP contribution in [0, 0.1) is 6.92 Å². The van der Waals surface area contributed by atoms with E-state index in [-0.39, 0.29) is 0 Å². The van der Waals surface area contributed by atoms with Crippen molar-refractivity contribution in [1.29, 1.82) is 0 Å². The van der Waals surface area contributed by atoms with Crippen molar-refractivity contribution in [1.82, 2.24) is 14.8 Å². The number of pyridine rings is 1. The molecule has 0 saturated heterocycles. The van der Waals surface area contributed by atoms with Crippen molar-refractivity contribution >= 4 is 11.8 Å². The van der Waals surface area contributed by atoms with Crippen LogP contribution in [0.5, 0.6) is 5.75 Å². The molecule has 2 heterocycles. The molecule has 0 fully saturated rings. The van der Waals surface area contributed by atoms with Crippen LogP contribution in [-0.4, -0.2) is 27.9 Å². The topological polar surface area (TPSA) is 95.1 Å². The molecule has 1 aromatic carbocycles. The van der Waals surface area contributed by atoms with Crippen LogP contribution in [0.2, 0.25) is 0 Å². The summed E-state index contributed by atoms with van der Waals surface area (Å²) in [6.45, 7) is 1.87. The van der Waals surface area contributed by atoms with E-state index in [2.05, 4.69) is 15.4 Å². The van der Waals surface area contributed by atoms with E-state index in [1.165, 1.54) is 0 Å². The zero-order valence-corrected chi connectivity index (χ0v) is 13.4. The summed E-state index contributed by atoms with van der Waals surface area (Å²) in [6.07, 6.45) is 3.32. The van der Waals surface area contributed by atoms with E-state index in [0.717, 1.165) is 16.8 Å². The Bertz CT molecular complexity index is 874. The fraction of sp³-hybridized carbons (Fsp3) is 0.118. The van der Waals surface area contributed by atoms with E-state index in [9.17, 15) is 4.79 Å². The number of primary amides is 1. The van der Waals surface area contributed by atoms with E-state index in [0.29, 0.717) is 17.3 Å². The number of ether oxygens (including phenoxy) is 1. The maximum atomic E-state index is 11.4. The second-order valence-corrected chi connectivity index (χ2v) is 5.17. The zero-order chi connectivity index (χ0) is 17.1. The van der Waals surface area contributed by atoms with Gasteiger partial charge in [-0.05, 0) is 25.1 Å². The van der Waals surface area contributed by atoms with Gasteiger partial charge in [0.2, 0.25) is 0 Å². The van der Waals surface area contributed by atoms with Crippen LogP contribution in [0.3, 0.4) is 0 Å². The smallest absolute Gasteiger partial charge is 0.317 e. The number of carbonyl (C=O) groups is 1. The van der Waals surface area contributed by atoms with Gasteiger partial charge < -0.3 is 10.5 Å². The molecule has 3 rings (SSSR count). The largest absolute Gasteiger partial charge is 0.495 e. The number of aromatic nitrogens is 3. The van der Waals surface area contributed by atoms with Gasteiger partial charge in [0.05, 0.1) is 24.7 Å². The first-order chi connectivity index (χ1) is 11.6. The summed E-state index contributed by atoms with van der Waals surface area (Å²) < 4.78 is 6.86. The lowest BCUT2D eigenvalue weighted by Crippen LogP contribution is -2.21. The Morgan fingerprint density at radius 3 is 2.67 bits per heavy atom. The third-order valence-corrected chi connectivity index (χ3v) is 3.59. The van der Waals surface area contributed by atoms with Crippen molar-refractivity contribution in [3.63, 3.8) is 0 Å². The summed E-state index contributed by atoms with van der Waals surface area (Å²) in [5.41, 5.74) is 8.38. The molecular weight excluding hydrogens is 306 g/mol. The highest BCUT2D eigenvalue weighted by Crippen LogP contribution is 2.31. The summed E-state index contributed by atoms with van der Waals surface area (Å²) in [5.74, 6) is 1.15. The summed E-state index contributed by atoms with van der Waals surface area (Å²) in [5, 5.41) is 7.28. The quantitative estimate of drug-likeness (QED) is 0.771. The number of urea groups is 1. The van der Waals surface area contributed by atoms with Crippen LogP contribution < -0.4 is 15.8 Å². The molecule has 0 bridgehead atoms. The molecule has 2 amide bonds. The van der Waals surface area contributed by atoms with E-state index in [1.807, 2.05) is 43.3 Å². The molecule has 0 radical (unpaired) electrons. The Morgan fingerprint density at radius 2 is 2.00 bits per heavy atom. The first-order valence-electron chi connectivity index (χ1n) is 7.31. The minimum absolute atomic E-state index is 0.520. The van der Waals surface area contributed by atoms with Crippen LogP contribution in [-0.2, 0) is 0 Å². The maximum absolute atomic E-state index is 11.4. The van der Waals surface area contributed by atoms with E-state index in [1.54, 1.807) is 24.2 Å². The van der Waals surface area contributed by atoms with Crippen LogP contribution in [0.1, 0.15) is 5.56 Å². The minimum Gasteiger partial charge on any atom is -0.495 e. The second kappa shape index (κ2) is 6.41. The number of hydrogen-bond donors (Lipinski definition) is 2. The molecule has 0 spiro atoms. The highest BCUT2D eigenvalue weighted by Gasteiger charge is 2.18. The predicted octanol–water partition coefficient (Wildman–Crippen LogP) is 2.74. The van der Waals surface area contributed by atoms with E-state index in [4.69, 9.17) is 10.5 Å². The third-order valence-electron chi connectivity index (χ3n) is 3.59. The minimum atomic E-state index is -0.648. The molecule has 122 valence electrons.